The zero-order valence-corrected chi connectivity index (χ0v) is 12.8. The zero-order valence-electron chi connectivity index (χ0n) is 12.0. The summed E-state index contributed by atoms with van der Waals surface area (Å²) in [6.07, 6.45) is 0. The molecule has 0 aliphatic heterocycles. The van der Waals surface area contributed by atoms with Crippen LogP contribution < -0.4 is 5.32 Å². The molecule has 0 spiro atoms. The monoisotopic (exact) mass is 289 g/mol. The normalized spacial score (nSPS) is 11.3. The molecule has 0 aliphatic carbocycles. The van der Waals surface area contributed by atoms with E-state index in [9.17, 15) is 4.79 Å². The molecule has 106 valence electrons. The summed E-state index contributed by atoms with van der Waals surface area (Å²) in [6, 6.07) is 12.4. The van der Waals surface area contributed by atoms with Gasteiger partial charge in [-0.3, -0.25) is 10.1 Å². The Morgan fingerprint density at radius 3 is 2.60 bits per heavy atom. The highest BCUT2D eigenvalue weighted by atomic mass is 32.1. The Morgan fingerprint density at radius 2 is 1.95 bits per heavy atom. The number of hydrogen-bond acceptors (Lipinski definition) is 4. The molecule has 1 aromatic heterocycles. The van der Waals surface area contributed by atoms with Crippen LogP contribution in [0.2, 0.25) is 0 Å². The van der Waals surface area contributed by atoms with Gasteiger partial charge >= 0.3 is 5.97 Å². The van der Waals surface area contributed by atoms with Gasteiger partial charge < -0.3 is 4.74 Å². The minimum absolute atomic E-state index is 0.252. The summed E-state index contributed by atoms with van der Waals surface area (Å²) in [6.45, 7) is 4.30. The molecule has 2 rings (SSSR count). The molecule has 0 fully saturated rings. The molecule has 2 aromatic rings. The summed E-state index contributed by atoms with van der Waals surface area (Å²) >= 11 is 1.69. The Balaban J connectivity index is 2.02. The predicted molar refractivity (Wildman–Crippen MR) is 82.7 cm³/mol. The summed E-state index contributed by atoms with van der Waals surface area (Å²) in [5.74, 6) is -0.252. The van der Waals surface area contributed by atoms with Gasteiger partial charge in [0.05, 0.1) is 7.11 Å². The van der Waals surface area contributed by atoms with Crippen molar-refractivity contribution in [3.63, 3.8) is 0 Å². The van der Waals surface area contributed by atoms with E-state index in [1.165, 1.54) is 23.1 Å². The minimum Gasteiger partial charge on any atom is -0.468 e. The number of esters is 1. The van der Waals surface area contributed by atoms with E-state index in [1.54, 1.807) is 11.3 Å². The molecule has 0 unspecified atom stereocenters. The Morgan fingerprint density at radius 1 is 1.25 bits per heavy atom. The molecule has 0 atom stereocenters. The van der Waals surface area contributed by atoms with Gasteiger partial charge in [-0.15, -0.1) is 11.3 Å². The molecule has 0 radical (unpaired) electrons. The molecule has 0 aliphatic rings. The Bertz CT molecular complexity index is 575. The molecular formula is C16H19NO2S. The summed E-state index contributed by atoms with van der Waals surface area (Å²) in [7, 11) is 1.41. The minimum atomic E-state index is -0.675. The van der Waals surface area contributed by atoms with Crippen LogP contribution in [0, 0.1) is 0 Å². The molecule has 0 saturated heterocycles. The van der Waals surface area contributed by atoms with E-state index in [2.05, 4.69) is 28.9 Å². The first-order valence-corrected chi connectivity index (χ1v) is 7.37. The van der Waals surface area contributed by atoms with E-state index >= 15 is 0 Å². The van der Waals surface area contributed by atoms with Crippen LogP contribution in [0.1, 0.15) is 18.7 Å². The van der Waals surface area contributed by atoms with Crippen molar-refractivity contribution in [2.45, 2.75) is 25.9 Å². The number of rotatable bonds is 5. The van der Waals surface area contributed by atoms with Gasteiger partial charge in [-0.1, -0.05) is 30.3 Å². The van der Waals surface area contributed by atoms with Crippen LogP contribution in [0.15, 0.2) is 41.8 Å². The third-order valence-corrected chi connectivity index (χ3v) is 4.10. The van der Waals surface area contributed by atoms with Gasteiger partial charge in [-0.2, -0.15) is 0 Å². The Kier molecular flexibility index (Phi) is 4.57. The van der Waals surface area contributed by atoms with Gasteiger partial charge in [0.1, 0.15) is 5.54 Å². The topological polar surface area (TPSA) is 38.3 Å². The van der Waals surface area contributed by atoms with Crippen LogP contribution in [-0.4, -0.2) is 18.6 Å². The van der Waals surface area contributed by atoms with Gasteiger partial charge in [0.2, 0.25) is 0 Å². The Hall–Kier alpha value is -1.65. The predicted octanol–water partition coefficient (Wildman–Crippen LogP) is 3.46. The molecule has 1 N–H and O–H groups in total. The molecule has 0 saturated carbocycles. The summed E-state index contributed by atoms with van der Waals surface area (Å²) in [5, 5.41) is 5.36. The highest BCUT2D eigenvalue weighted by Gasteiger charge is 2.27. The average Bonchev–Trinajstić information content (AvgIpc) is 2.94. The van der Waals surface area contributed by atoms with E-state index in [0.717, 1.165) is 0 Å². The largest absolute Gasteiger partial charge is 0.468 e. The number of carbonyl (C=O) groups is 1. The number of hydrogen-bond donors (Lipinski definition) is 1. The van der Waals surface area contributed by atoms with Crippen molar-refractivity contribution in [3.05, 3.63) is 46.7 Å². The SMILES string of the molecule is COC(=O)C(C)(C)NCc1cc(-c2ccccc2)cs1. The number of nitrogens with one attached hydrogen (secondary N) is 1. The zero-order chi connectivity index (χ0) is 14.6. The van der Waals surface area contributed by atoms with Crippen molar-refractivity contribution in [2.75, 3.05) is 7.11 Å². The number of carbonyl (C=O) groups excluding carboxylic acids is 1. The van der Waals surface area contributed by atoms with Crippen LogP contribution in [0.5, 0.6) is 0 Å². The van der Waals surface area contributed by atoms with E-state index in [4.69, 9.17) is 4.74 Å². The maximum atomic E-state index is 11.6. The molecule has 0 amide bonds. The number of benzene rings is 1. The highest BCUT2D eigenvalue weighted by Crippen LogP contribution is 2.25. The first kappa shape index (κ1) is 14.8. The van der Waals surface area contributed by atoms with Crippen molar-refractivity contribution in [2.24, 2.45) is 0 Å². The average molecular weight is 289 g/mol. The second kappa shape index (κ2) is 6.20. The van der Waals surface area contributed by atoms with Crippen LogP contribution in [-0.2, 0) is 16.1 Å². The summed E-state index contributed by atoms with van der Waals surface area (Å²) in [5.41, 5.74) is 1.75. The number of methoxy groups -OCH3 is 1. The quantitative estimate of drug-likeness (QED) is 0.857. The molecule has 1 heterocycles. The van der Waals surface area contributed by atoms with Crippen LogP contribution >= 0.6 is 11.3 Å². The van der Waals surface area contributed by atoms with Crippen molar-refractivity contribution in [3.8, 4) is 11.1 Å². The van der Waals surface area contributed by atoms with Gasteiger partial charge in [0.15, 0.2) is 0 Å². The van der Waals surface area contributed by atoms with Crippen molar-refractivity contribution < 1.29 is 9.53 Å². The second-order valence-corrected chi connectivity index (χ2v) is 6.13. The maximum Gasteiger partial charge on any atom is 0.325 e. The standard InChI is InChI=1S/C16H19NO2S/c1-16(2,15(18)19-3)17-10-14-9-13(11-20-14)12-7-5-4-6-8-12/h4-9,11,17H,10H2,1-3H3. The lowest BCUT2D eigenvalue weighted by Gasteiger charge is -2.22. The number of ether oxygens (including phenoxy) is 1. The lowest BCUT2D eigenvalue weighted by Crippen LogP contribution is -2.46. The first-order valence-electron chi connectivity index (χ1n) is 6.49. The molecule has 4 heteroatoms. The lowest BCUT2D eigenvalue weighted by atomic mass is 10.1. The fraction of sp³-hybridized carbons (Fsp3) is 0.312. The van der Waals surface area contributed by atoms with E-state index in [-0.39, 0.29) is 5.97 Å². The highest BCUT2D eigenvalue weighted by molar-refractivity contribution is 7.10. The van der Waals surface area contributed by atoms with Gasteiger partial charge in [0.25, 0.3) is 0 Å². The maximum absolute atomic E-state index is 11.6. The molecule has 3 nitrogen and oxygen atoms in total. The second-order valence-electron chi connectivity index (χ2n) is 5.14. The third-order valence-electron chi connectivity index (χ3n) is 3.16. The summed E-state index contributed by atoms with van der Waals surface area (Å²) < 4.78 is 4.78. The summed E-state index contributed by atoms with van der Waals surface area (Å²) in [4.78, 5) is 12.8. The fourth-order valence-corrected chi connectivity index (χ4v) is 2.72. The Labute approximate surface area is 123 Å². The van der Waals surface area contributed by atoms with Gasteiger partial charge in [-0.25, -0.2) is 0 Å². The van der Waals surface area contributed by atoms with Crippen molar-refractivity contribution in [1.82, 2.24) is 5.32 Å². The van der Waals surface area contributed by atoms with Crippen LogP contribution in [0.25, 0.3) is 11.1 Å². The van der Waals surface area contributed by atoms with Crippen molar-refractivity contribution >= 4 is 17.3 Å². The van der Waals surface area contributed by atoms with E-state index in [1.807, 2.05) is 32.0 Å². The molecular weight excluding hydrogens is 270 g/mol. The van der Waals surface area contributed by atoms with Gasteiger partial charge in [-0.05, 0) is 36.4 Å². The molecule has 1 aromatic carbocycles. The van der Waals surface area contributed by atoms with E-state index < -0.39 is 5.54 Å². The fourth-order valence-electron chi connectivity index (χ4n) is 1.89. The molecule has 20 heavy (non-hydrogen) atoms. The van der Waals surface area contributed by atoms with Crippen LogP contribution in [0.4, 0.5) is 0 Å². The van der Waals surface area contributed by atoms with Crippen molar-refractivity contribution in [1.29, 1.82) is 0 Å². The van der Waals surface area contributed by atoms with Gasteiger partial charge in [0, 0.05) is 11.4 Å². The smallest absolute Gasteiger partial charge is 0.325 e. The third kappa shape index (κ3) is 3.46. The van der Waals surface area contributed by atoms with E-state index in [0.29, 0.717) is 6.54 Å². The first-order chi connectivity index (χ1) is 9.53. The van der Waals surface area contributed by atoms with Crippen LogP contribution in [0.3, 0.4) is 0 Å². The molecule has 0 bridgehead atoms. The lowest BCUT2D eigenvalue weighted by molar-refractivity contribution is -0.147. The number of thiophene rings is 1.